The Kier molecular flexibility index (Phi) is 4.59. The van der Waals surface area contributed by atoms with Crippen LogP contribution in [-0.4, -0.2) is 25.1 Å². The molecule has 3 rings (SSSR count). The number of benzene rings is 2. The van der Waals surface area contributed by atoms with Crippen LogP contribution in [0.5, 0.6) is 11.5 Å². The summed E-state index contributed by atoms with van der Waals surface area (Å²) in [5.74, 6) is 0.786. The average molecular weight is 363 g/mol. The molecule has 1 amide bonds. The predicted octanol–water partition coefficient (Wildman–Crippen LogP) is 4.53. The van der Waals surface area contributed by atoms with Crippen molar-refractivity contribution in [3.63, 3.8) is 0 Å². The summed E-state index contributed by atoms with van der Waals surface area (Å²) in [4.78, 5) is 16.9. The maximum Gasteiger partial charge on any atom is 0.257 e. The van der Waals surface area contributed by atoms with Gasteiger partial charge in [-0.15, -0.1) is 0 Å². The maximum absolute atomic E-state index is 12.5. The summed E-state index contributed by atoms with van der Waals surface area (Å²) in [6.45, 7) is 1.96. The first-order valence-electron chi connectivity index (χ1n) is 7.12. The number of nitrogens with zero attached hydrogens (tertiary/aromatic N) is 1. The maximum atomic E-state index is 12.5. The number of ether oxygens (including phenoxy) is 2. The zero-order valence-corrected chi connectivity index (χ0v) is 14.9. The summed E-state index contributed by atoms with van der Waals surface area (Å²) in [5.41, 5.74) is 2.27. The van der Waals surface area contributed by atoms with Crippen LogP contribution in [0.1, 0.15) is 15.9 Å². The molecular formula is C17H15ClN2O3S. The Morgan fingerprint density at radius 1 is 1.17 bits per heavy atom. The molecule has 0 radical (unpaired) electrons. The number of halogens is 1. The molecule has 0 saturated carbocycles. The fourth-order valence-corrected chi connectivity index (χ4v) is 3.51. The van der Waals surface area contributed by atoms with Gasteiger partial charge in [-0.2, -0.15) is 0 Å². The Hall–Kier alpha value is -2.31. The molecule has 0 bridgehead atoms. The van der Waals surface area contributed by atoms with Gasteiger partial charge in [0, 0.05) is 5.56 Å². The minimum absolute atomic E-state index is 0.274. The number of carbonyl (C=O) groups excluding carboxylic acids is 1. The number of carbonyl (C=O) groups is 1. The van der Waals surface area contributed by atoms with Crippen molar-refractivity contribution in [3.05, 3.63) is 46.5 Å². The van der Waals surface area contributed by atoms with E-state index in [-0.39, 0.29) is 5.91 Å². The highest BCUT2D eigenvalue weighted by Gasteiger charge is 2.14. The molecule has 0 saturated heterocycles. The second kappa shape index (κ2) is 6.67. The Bertz CT molecular complexity index is 885. The van der Waals surface area contributed by atoms with E-state index in [1.165, 1.54) is 18.4 Å². The van der Waals surface area contributed by atoms with Gasteiger partial charge in [-0.05, 0) is 36.8 Å². The van der Waals surface area contributed by atoms with Gasteiger partial charge in [0.25, 0.3) is 5.91 Å². The van der Waals surface area contributed by atoms with Crippen LogP contribution < -0.4 is 14.8 Å². The third-order valence-electron chi connectivity index (χ3n) is 3.56. The molecule has 0 atom stereocenters. The summed E-state index contributed by atoms with van der Waals surface area (Å²) in [6.07, 6.45) is 0. The molecule has 0 aliphatic heterocycles. The summed E-state index contributed by atoms with van der Waals surface area (Å²) in [5, 5.41) is 3.93. The molecule has 0 unspecified atom stereocenters. The molecule has 124 valence electrons. The normalized spacial score (nSPS) is 10.7. The zero-order valence-electron chi connectivity index (χ0n) is 13.3. The molecule has 5 nitrogen and oxygen atoms in total. The van der Waals surface area contributed by atoms with E-state index in [1.807, 2.05) is 19.1 Å². The molecule has 2 aromatic carbocycles. The standard InChI is InChI=1S/C17H15ClN2O3S/c1-9-4-6-11(18)15-14(9)19-17(24-15)20-16(21)10-5-7-12(22-2)13(8-10)23-3/h4-8H,1-3H3,(H,19,20,21). The third-order valence-corrected chi connectivity index (χ3v) is 4.99. The number of amides is 1. The number of aromatic nitrogens is 1. The summed E-state index contributed by atoms with van der Waals surface area (Å²) < 4.78 is 11.3. The lowest BCUT2D eigenvalue weighted by atomic mass is 10.2. The minimum atomic E-state index is -0.274. The molecule has 0 aliphatic rings. The largest absolute Gasteiger partial charge is 0.493 e. The quantitative estimate of drug-likeness (QED) is 0.740. The SMILES string of the molecule is COc1ccc(C(=O)Nc2nc3c(C)ccc(Cl)c3s2)cc1OC. The smallest absolute Gasteiger partial charge is 0.257 e. The van der Waals surface area contributed by atoms with Gasteiger partial charge in [0.05, 0.1) is 29.5 Å². The van der Waals surface area contributed by atoms with Crippen molar-refractivity contribution in [2.75, 3.05) is 19.5 Å². The molecule has 0 fully saturated rings. The van der Waals surface area contributed by atoms with E-state index in [9.17, 15) is 4.79 Å². The van der Waals surface area contributed by atoms with E-state index in [2.05, 4.69) is 10.3 Å². The van der Waals surface area contributed by atoms with Crippen LogP contribution in [0.15, 0.2) is 30.3 Å². The summed E-state index contributed by atoms with van der Waals surface area (Å²) in [6, 6.07) is 8.72. The van der Waals surface area contributed by atoms with Gasteiger partial charge in [-0.3, -0.25) is 10.1 Å². The molecular weight excluding hydrogens is 348 g/mol. The second-order valence-corrected chi connectivity index (χ2v) is 6.49. The van der Waals surface area contributed by atoms with Crippen molar-refractivity contribution < 1.29 is 14.3 Å². The molecule has 24 heavy (non-hydrogen) atoms. The topological polar surface area (TPSA) is 60.5 Å². The molecule has 0 spiro atoms. The van der Waals surface area contributed by atoms with Gasteiger partial charge in [-0.1, -0.05) is 29.0 Å². The van der Waals surface area contributed by atoms with Gasteiger partial charge < -0.3 is 9.47 Å². The van der Waals surface area contributed by atoms with Gasteiger partial charge >= 0.3 is 0 Å². The lowest BCUT2D eigenvalue weighted by Crippen LogP contribution is -2.11. The number of hydrogen-bond acceptors (Lipinski definition) is 5. The van der Waals surface area contributed by atoms with E-state index in [0.717, 1.165) is 15.8 Å². The highest BCUT2D eigenvalue weighted by Crippen LogP contribution is 2.34. The number of fused-ring (bicyclic) bond motifs is 1. The fraction of sp³-hybridized carbons (Fsp3) is 0.176. The van der Waals surface area contributed by atoms with Gasteiger partial charge in [-0.25, -0.2) is 4.98 Å². The van der Waals surface area contributed by atoms with Crippen LogP contribution in [0.25, 0.3) is 10.2 Å². The Morgan fingerprint density at radius 3 is 2.58 bits per heavy atom. The predicted molar refractivity (Wildman–Crippen MR) is 96.9 cm³/mol. The number of anilines is 1. The lowest BCUT2D eigenvalue weighted by molar-refractivity contribution is 0.102. The van der Waals surface area contributed by atoms with Crippen LogP contribution in [0.4, 0.5) is 5.13 Å². The molecule has 7 heteroatoms. The van der Waals surface area contributed by atoms with Crippen molar-refractivity contribution in [2.45, 2.75) is 6.92 Å². The highest BCUT2D eigenvalue weighted by molar-refractivity contribution is 7.23. The molecule has 1 heterocycles. The second-order valence-electron chi connectivity index (χ2n) is 5.08. The molecule has 3 aromatic rings. The number of hydrogen-bond donors (Lipinski definition) is 1. The number of nitrogens with one attached hydrogen (secondary N) is 1. The monoisotopic (exact) mass is 362 g/mol. The van der Waals surface area contributed by atoms with E-state index >= 15 is 0 Å². The number of thiazole rings is 1. The van der Waals surface area contributed by atoms with Crippen molar-refractivity contribution in [1.29, 1.82) is 0 Å². The summed E-state index contributed by atoms with van der Waals surface area (Å²) >= 11 is 7.54. The molecule has 1 N–H and O–H groups in total. The van der Waals surface area contributed by atoms with Crippen LogP contribution in [0.2, 0.25) is 5.02 Å². The number of rotatable bonds is 4. The average Bonchev–Trinajstić information content (AvgIpc) is 3.02. The van der Waals surface area contributed by atoms with Crippen molar-refractivity contribution >= 4 is 44.2 Å². The van der Waals surface area contributed by atoms with Gasteiger partial charge in [0.2, 0.25) is 0 Å². The minimum Gasteiger partial charge on any atom is -0.493 e. The van der Waals surface area contributed by atoms with Gasteiger partial charge in [0.1, 0.15) is 0 Å². The molecule has 1 aromatic heterocycles. The summed E-state index contributed by atoms with van der Waals surface area (Å²) in [7, 11) is 3.07. The van der Waals surface area contributed by atoms with Crippen LogP contribution in [0.3, 0.4) is 0 Å². The van der Waals surface area contributed by atoms with E-state index in [1.54, 1.807) is 25.3 Å². The highest BCUT2D eigenvalue weighted by atomic mass is 35.5. The van der Waals surface area contributed by atoms with Gasteiger partial charge in [0.15, 0.2) is 16.6 Å². The fourth-order valence-electron chi connectivity index (χ4n) is 2.30. The Labute approximate surface area is 148 Å². The molecule has 0 aliphatic carbocycles. The van der Waals surface area contributed by atoms with Crippen molar-refractivity contribution in [2.24, 2.45) is 0 Å². The van der Waals surface area contributed by atoms with Crippen LogP contribution in [0, 0.1) is 6.92 Å². The van der Waals surface area contributed by atoms with Crippen LogP contribution >= 0.6 is 22.9 Å². The number of aryl methyl sites for hydroxylation is 1. The van der Waals surface area contributed by atoms with E-state index in [0.29, 0.717) is 27.2 Å². The Morgan fingerprint density at radius 2 is 1.92 bits per heavy atom. The van der Waals surface area contributed by atoms with E-state index < -0.39 is 0 Å². The first-order chi connectivity index (χ1) is 11.5. The first kappa shape index (κ1) is 16.5. The first-order valence-corrected chi connectivity index (χ1v) is 8.32. The van der Waals surface area contributed by atoms with Crippen molar-refractivity contribution in [3.8, 4) is 11.5 Å². The number of methoxy groups -OCH3 is 2. The third kappa shape index (κ3) is 3.02. The Balaban J connectivity index is 1.90. The zero-order chi connectivity index (χ0) is 17.3. The van der Waals surface area contributed by atoms with E-state index in [4.69, 9.17) is 21.1 Å². The van der Waals surface area contributed by atoms with Crippen LogP contribution in [-0.2, 0) is 0 Å². The lowest BCUT2D eigenvalue weighted by Gasteiger charge is -2.09. The van der Waals surface area contributed by atoms with Crippen molar-refractivity contribution in [1.82, 2.24) is 4.98 Å².